The molecule has 2 aromatic heterocycles. The van der Waals surface area contributed by atoms with E-state index in [1.807, 2.05) is 6.92 Å². The van der Waals surface area contributed by atoms with Gasteiger partial charge in [0.15, 0.2) is 5.65 Å². The number of nitrogens with one attached hydrogen (secondary N) is 1. The predicted molar refractivity (Wildman–Crippen MR) is 92.5 cm³/mol. The fourth-order valence-corrected chi connectivity index (χ4v) is 4.42. The lowest BCUT2D eigenvalue weighted by Crippen LogP contribution is -2.12. The van der Waals surface area contributed by atoms with Crippen LogP contribution in [-0.4, -0.2) is 28.2 Å². The Labute approximate surface area is 142 Å². The Kier molecular flexibility index (Phi) is 3.26. The van der Waals surface area contributed by atoms with Gasteiger partial charge in [0.1, 0.15) is 0 Å². The molecule has 0 aliphatic carbocycles. The zero-order valence-corrected chi connectivity index (χ0v) is 14.3. The van der Waals surface area contributed by atoms with Crippen LogP contribution in [0.15, 0.2) is 57.2 Å². The quantitative estimate of drug-likeness (QED) is 0.594. The van der Waals surface area contributed by atoms with Gasteiger partial charge >= 0.3 is 0 Å². The highest BCUT2D eigenvalue weighted by molar-refractivity contribution is 7.91. The molecule has 1 N–H and O–H groups in total. The molecule has 0 radical (unpaired) electrons. The lowest BCUT2D eigenvalue weighted by Gasteiger charge is -2.06. The molecular weight excluding hydrogens is 340 g/mol. The van der Waals surface area contributed by atoms with Gasteiger partial charge in [-0.05, 0) is 37.6 Å². The number of hydrogen-bond acceptors (Lipinski definition) is 5. The highest BCUT2D eigenvalue weighted by Gasteiger charge is 2.27. The maximum Gasteiger partial charge on any atom is 0.281 e. The second-order valence-electron chi connectivity index (χ2n) is 5.88. The lowest BCUT2D eigenvalue weighted by molar-refractivity contribution is 0.592. The van der Waals surface area contributed by atoms with E-state index >= 15 is 0 Å². The molecule has 4 aromatic rings. The van der Waals surface area contributed by atoms with E-state index in [0.717, 1.165) is 5.56 Å². The normalized spacial score (nSPS) is 12.1. The first-order chi connectivity index (χ1) is 11.9. The summed E-state index contributed by atoms with van der Waals surface area (Å²) in [6.45, 7) is 3.62. The molecule has 25 heavy (non-hydrogen) atoms. The van der Waals surface area contributed by atoms with E-state index in [1.54, 1.807) is 49.4 Å². The number of aromatic nitrogens is 4. The largest absolute Gasteiger partial charge is 0.281 e. The first-order valence-corrected chi connectivity index (χ1v) is 9.06. The van der Waals surface area contributed by atoms with Crippen molar-refractivity contribution in [3.63, 3.8) is 0 Å². The van der Waals surface area contributed by atoms with Crippen LogP contribution in [0.25, 0.3) is 16.6 Å². The molecule has 126 valence electrons. The van der Waals surface area contributed by atoms with Crippen LogP contribution >= 0.6 is 0 Å². The van der Waals surface area contributed by atoms with Crippen molar-refractivity contribution in [1.82, 2.24) is 19.8 Å². The van der Waals surface area contributed by atoms with E-state index in [-0.39, 0.29) is 15.6 Å². The predicted octanol–water partition coefficient (Wildman–Crippen LogP) is 2.02. The standard InChI is InChI=1S/C17H14N4O3S/c1-10-7-8-14(11(2)9-10)25(23,24)17-15-18-16(22)12-5-3-4-6-13(12)21(15)20-19-17/h3-9,20H,1-2H3. The van der Waals surface area contributed by atoms with E-state index in [1.165, 1.54) is 4.52 Å². The van der Waals surface area contributed by atoms with Crippen LogP contribution in [0.3, 0.4) is 0 Å². The average Bonchev–Trinajstić information content (AvgIpc) is 2.99. The van der Waals surface area contributed by atoms with Gasteiger partial charge < -0.3 is 0 Å². The number of sulfone groups is 1. The minimum atomic E-state index is -3.92. The third kappa shape index (κ3) is 2.25. The molecule has 0 bridgehead atoms. The van der Waals surface area contributed by atoms with Crippen molar-refractivity contribution < 1.29 is 8.42 Å². The summed E-state index contributed by atoms with van der Waals surface area (Å²) in [4.78, 5) is 16.3. The second-order valence-corrected chi connectivity index (χ2v) is 7.72. The fourth-order valence-electron chi connectivity index (χ4n) is 2.95. The Morgan fingerprint density at radius 1 is 1.08 bits per heavy atom. The molecule has 0 aliphatic heterocycles. The maximum atomic E-state index is 13.1. The Balaban J connectivity index is 2.06. The summed E-state index contributed by atoms with van der Waals surface area (Å²) in [7, 11) is -3.92. The van der Waals surface area contributed by atoms with Crippen molar-refractivity contribution in [2.24, 2.45) is 0 Å². The second kappa shape index (κ2) is 5.25. The minimum Gasteiger partial charge on any atom is -0.267 e. The molecule has 0 unspecified atom stereocenters. The van der Waals surface area contributed by atoms with Crippen LogP contribution in [-0.2, 0) is 9.84 Å². The summed E-state index contributed by atoms with van der Waals surface area (Å²) in [5.41, 5.74) is 1.60. The van der Waals surface area contributed by atoms with E-state index in [0.29, 0.717) is 16.5 Å². The van der Waals surface area contributed by atoms with Crippen LogP contribution in [0.4, 0.5) is 0 Å². The number of H-pyrrole nitrogens is 1. The first-order valence-electron chi connectivity index (χ1n) is 7.58. The topological polar surface area (TPSA) is 97.2 Å². The number of aromatic amines is 1. The van der Waals surface area contributed by atoms with Crippen molar-refractivity contribution >= 4 is 26.4 Å². The van der Waals surface area contributed by atoms with Gasteiger partial charge in [0.2, 0.25) is 14.9 Å². The lowest BCUT2D eigenvalue weighted by atomic mass is 10.2. The molecular formula is C17H14N4O3S. The Morgan fingerprint density at radius 3 is 2.60 bits per heavy atom. The number of rotatable bonds is 2. The summed E-state index contributed by atoms with van der Waals surface area (Å²) in [6, 6.07) is 11.9. The summed E-state index contributed by atoms with van der Waals surface area (Å²) >= 11 is 0. The summed E-state index contributed by atoms with van der Waals surface area (Å²) in [6.07, 6.45) is 0. The van der Waals surface area contributed by atoms with Crippen molar-refractivity contribution in [3.05, 3.63) is 63.9 Å². The van der Waals surface area contributed by atoms with E-state index < -0.39 is 15.4 Å². The Hall–Kier alpha value is -3.00. The molecule has 0 aliphatic rings. The molecule has 0 saturated heterocycles. The van der Waals surface area contributed by atoms with Gasteiger partial charge in [-0.1, -0.05) is 29.8 Å². The number of para-hydroxylation sites is 1. The number of fused-ring (bicyclic) bond motifs is 3. The van der Waals surface area contributed by atoms with Gasteiger partial charge in [-0.25, -0.2) is 18.1 Å². The SMILES string of the molecule is Cc1ccc(S(=O)(=O)c2n[nH]n3c2nc(=O)c2ccccc23)c(C)c1. The van der Waals surface area contributed by atoms with Gasteiger partial charge in [-0.2, -0.15) is 4.98 Å². The number of nitrogens with zero attached hydrogens (tertiary/aromatic N) is 3. The van der Waals surface area contributed by atoms with Gasteiger partial charge in [0.25, 0.3) is 5.56 Å². The molecule has 2 heterocycles. The average molecular weight is 354 g/mol. The molecule has 7 nitrogen and oxygen atoms in total. The van der Waals surface area contributed by atoms with Crippen molar-refractivity contribution in [3.8, 4) is 0 Å². The zero-order valence-electron chi connectivity index (χ0n) is 13.5. The Bertz CT molecular complexity index is 1300. The molecule has 0 fully saturated rings. The molecule has 2 aromatic carbocycles. The zero-order chi connectivity index (χ0) is 17.8. The van der Waals surface area contributed by atoms with Crippen molar-refractivity contribution in [2.75, 3.05) is 0 Å². The maximum absolute atomic E-state index is 13.1. The smallest absolute Gasteiger partial charge is 0.267 e. The Morgan fingerprint density at radius 2 is 1.84 bits per heavy atom. The molecule has 0 saturated carbocycles. The monoisotopic (exact) mass is 354 g/mol. The first kappa shape index (κ1) is 15.5. The van der Waals surface area contributed by atoms with Gasteiger partial charge in [-0.3, -0.25) is 4.79 Å². The number of hydrogen-bond donors (Lipinski definition) is 1. The van der Waals surface area contributed by atoms with E-state index in [4.69, 9.17) is 0 Å². The molecule has 0 amide bonds. The van der Waals surface area contributed by atoms with Gasteiger partial charge in [-0.15, -0.1) is 5.10 Å². The van der Waals surface area contributed by atoms with E-state index in [9.17, 15) is 13.2 Å². The summed E-state index contributed by atoms with van der Waals surface area (Å²) in [5, 5.41) is 6.72. The summed E-state index contributed by atoms with van der Waals surface area (Å²) < 4.78 is 27.5. The summed E-state index contributed by atoms with van der Waals surface area (Å²) in [5.74, 6) is 0. The minimum absolute atomic E-state index is 0.0105. The highest BCUT2D eigenvalue weighted by Crippen LogP contribution is 2.26. The van der Waals surface area contributed by atoms with Crippen molar-refractivity contribution in [1.29, 1.82) is 0 Å². The number of benzene rings is 2. The molecule has 4 rings (SSSR count). The van der Waals surface area contributed by atoms with Crippen molar-refractivity contribution in [2.45, 2.75) is 23.8 Å². The molecule has 8 heteroatoms. The third-order valence-corrected chi connectivity index (χ3v) is 5.93. The van der Waals surface area contributed by atoms with Crippen LogP contribution in [0.5, 0.6) is 0 Å². The third-order valence-electron chi connectivity index (χ3n) is 4.11. The van der Waals surface area contributed by atoms with Crippen LogP contribution in [0.2, 0.25) is 0 Å². The van der Waals surface area contributed by atoms with Crippen LogP contribution < -0.4 is 5.56 Å². The van der Waals surface area contributed by atoms with Crippen LogP contribution in [0.1, 0.15) is 11.1 Å². The van der Waals surface area contributed by atoms with Crippen LogP contribution in [0, 0.1) is 13.8 Å². The highest BCUT2D eigenvalue weighted by atomic mass is 32.2. The van der Waals surface area contributed by atoms with Gasteiger partial charge in [0, 0.05) is 0 Å². The number of aryl methyl sites for hydroxylation is 2. The van der Waals surface area contributed by atoms with E-state index in [2.05, 4.69) is 15.3 Å². The van der Waals surface area contributed by atoms with Gasteiger partial charge in [0.05, 0.1) is 15.8 Å². The fraction of sp³-hybridized carbons (Fsp3) is 0.118. The molecule has 0 atom stereocenters. The molecule has 0 spiro atoms.